The van der Waals surface area contributed by atoms with Crippen molar-refractivity contribution in [3.63, 3.8) is 0 Å². The Bertz CT molecular complexity index is 781. The minimum Gasteiger partial charge on any atom is -0.388 e. The molecule has 2 N–H and O–H groups in total. The number of amides is 1. The number of H-pyrrole nitrogens is 1. The van der Waals surface area contributed by atoms with E-state index in [0.717, 1.165) is 42.7 Å². The molecule has 2 aliphatic rings. The maximum Gasteiger partial charge on any atom is 0.219 e. The Morgan fingerprint density at radius 2 is 2.15 bits per heavy atom. The molecule has 2 aromatic heterocycles. The van der Waals surface area contributed by atoms with Crippen LogP contribution in [0.3, 0.4) is 0 Å². The SMILES string of the molecule is CC(=O)N1CCC(O)(CN2CCC[C@H](c3ccc4cn[nH]c4n3)C2)CC1. The summed E-state index contributed by atoms with van der Waals surface area (Å²) in [4.78, 5) is 20.4. The molecule has 2 aromatic rings. The smallest absolute Gasteiger partial charge is 0.219 e. The van der Waals surface area contributed by atoms with Crippen LogP contribution in [0.15, 0.2) is 18.3 Å². The van der Waals surface area contributed by atoms with Crippen LogP contribution >= 0.6 is 0 Å². The van der Waals surface area contributed by atoms with Crippen LogP contribution < -0.4 is 0 Å². The summed E-state index contributed by atoms with van der Waals surface area (Å²) in [5.41, 5.74) is 1.26. The normalized spacial score (nSPS) is 24.1. The molecule has 4 heterocycles. The van der Waals surface area contributed by atoms with E-state index in [1.54, 1.807) is 13.1 Å². The second-order valence-electron chi connectivity index (χ2n) is 7.85. The highest BCUT2D eigenvalue weighted by Crippen LogP contribution is 2.30. The topological polar surface area (TPSA) is 85.4 Å². The van der Waals surface area contributed by atoms with Gasteiger partial charge in [-0.2, -0.15) is 5.10 Å². The van der Waals surface area contributed by atoms with E-state index in [-0.39, 0.29) is 5.91 Å². The van der Waals surface area contributed by atoms with Gasteiger partial charge >= 0.3 is 0 Å². The largest absolute Gasteiger partial charge is 0.388 e. The van der Waals surface area contributed by atoms with Crippen molar-refractivity contribution >= 4 is 16.9 Å². The third kappa shape index (κ3) is 3.59. The first-order chi connectivity index (χ1) is 12.5. The van der Waals surface area contributed by atoms with Gasteiger partial charge in [0.1, 0.15) is 0 Å². The number of pyridine rings is 1. The van der Waals surface area contributed by atoms with Gasteiger partial charge in [0.15, 0.2) is 5.65 Å². The van der Waals surface area contributed by atoms with Gasteiger partial charge in [-0.1, -0.05) is 0 Å². The lowest BCUT2D eigenvalue weighted by Gasteiger charge is -2.42. The fourth-order valence-corrected chi connectivity index (χ4v) is 4.32. The molecule has 0 bridgehead atoms. The van der Waals surface area contributed by atoms with E-state index in [4.69, 9.17) is 4.98 Å². The molecule has 0 unspecified atom stereocenters. The minimum absolute atomic E-state index is 0.102. The molecule has 7 heteroatoms. The molecule has 1 amide bonds. The van der Waals surface area contributed by atoms with Gasteiger partial charge in [0, 0.05) is 50.1 Å². The average Bonchev–Trinajstić information content (AvgIpc) is 3.09. The minimum atomic E-state index is -0.686. The van der Waals surface area contributed by atoms with Gasteiger partial charge in [-0.05, 0) is 44.4 Å². The number of hydrogen-bond acceptors (Lipinski definition) is 5. The molecule has 0 radical (unpaired) electrons. The van der Waals surface area contributed by atoms with Crippen molar-refractivity contribution in [2.75, 3.05) is 32.7 Å². The molecule has 0 aromatic carbocycles. The molecule has 7 nitrogen and oxygen atoms in total. The lowest BCUT2D eigenvalue weighted by Crippen LogP contribution is -2.53. The van der Waals surface area contributed by atoms with Crippen LogP contribution in [0, 0.1) is 0 Å². The van der Waals surface area contributed by atoms with Crippen molar-refractivity contribution in [2.45, 2.75) is 44.1 Å². The molecule has 2 saturated heterocycles. The summed E-state index contributed by atoms with van der Waals surface area (Å²) in [7, 11) is 0. The number of piperidine rings is 2. The van der Waals surface area contributed by atoms with Crippen molar-refractivity contribution < 1.29 is 9.90 Å². The average molecular weight is 357 g/mol. The quantitative estimate of drug-likeness (QED) is 0.870. The molecule has 0 spiro atoms. The first-order valence-corrected chi connectivity index (χ1v) is 9.53. The lowest BCUT2D eigenvalue weighted by molar-refractivity contribution is -0.133. The summed E-state index contributed by atoms with van der Waals surface area (Å²) in [6.45, 7) is 5.53. The highest BCUT2D eigenvalue weighted by Gasteiger charge is 2.36. The number of aromatic nitrogens is 3. The van der Waals surface area contributed by atoms with Gasteiger partial charge in [-0.25, -0.2) is 4.98 Å². The van der Waals surface area contributed by atoms with Gasteiger partial charge in [0.25, 0.3) is 0 Å². The highest BCUT2D eigenvalue weighted by atomic mass is 16.3. The first-order valence-electron chi connectivity index (χ1n) is 9.53. The maximum atomic E-state index is 11.5. The second kappa shape index (κ2) is 6.96. The van der Waals surface area contributed by atoms with E-state index in [1.165, 1.54) is 0 Å². The Morgan fingerprint density at radius 3 is 2.92 bits per heavy atom. The molecule has 0 aliphatic carbocycles. The number of carbonyl (C=O) groups is 1. The number of fused-ring (bicyclic) bond motifs is 1. The zero-order chi connectivity index (χ0) is 18.1. The number of carbonyl (C=O) groups excluding carboxylic acids is 1. The number of likely N-dealkylation sites (tertiary alicyclic amines) is 2. The van der Waals surface area contributed by atoms with E-state index in [0.29, 0.717) is 38.4 Å². The van der Waals surface area contributed by atoms with Crippen molar-refractivity contribution in [3.05, 3.63) is 24.0 Å². The Kier molecular flexibility index (Phi) is 4.67. The standard InChI is InChI=1S/C19H27N5O2/c1-14(25)24-9-6-19(26,7-10-24)13-23-8-2-3-16(12-23)17-5-4-15-11-20-22-18(15)21-17/h4-5,11,16,26H,2-3,6-10,12-13H2,1H3,(H,20,21,22)/t16-/m0/s1. The third-order valence-corrected chi connectivity index (χ3v) is 5.90. The van der Waals surface area contributed by atoms with E-state index < -0.39 is 5.60 Å². The molecule has 140 valence electrons. The van der Waals surface area contributed by atoms with E-state index in [9.17, 15) is 9.90 Å². The van der Waals surface area contributed by atoms with Crippen molar-refractivity contribution in [1.29, 1.82) is 0 Å². The molecule has 2 fully saturated rings. The van der Waals surface area contributed by atoms with E-state index in [2.05, 4.69) is 27.2 Å². The highest BCUT2D eigenvalue weighted by molar-refractivity contribution is 5.74. The summed E-state index contributed by atoms with van der Waals surface area (Å²) >= 11 is 0. The number of aliphatic hydroxyl groups is 1. The van der Waals surface area contributed by atoms with E-state index in [1.807, 2.05) is 4.90 Å². The Morgan fingerprint density at radius 1 is 1.35 bits per heavy atom. The lowest BCUT2D eigenvalue weighted by atomic mass is 9.88. The fraction of sp³-hybridized carbons (Fsp3) is 0.632. The number of nitrogens with zero attached hydrogens (tertiary/aromatic N) is 4. The van der Waals surface area contributed by atoms with Crippen LogP contribution in [0.5, 0.6) is 0 Å². The number of nitrogens with one attached hydrogen (secondary N) is 1. The number of rotatable bonds is 3. The molecule has 2 aliphatic heterocycles. The first kappa shape index (κ1) is 17.4. The van der Waals surface area contributed by atoms with Gasteiger partial charge in [-0.3, -0.25) is 14.8 Å². The molecular weight excluding hydrogens is 330 g/mol. The van der Waals surface area contributed by atoms with Gasteiger partial charge < -0.3 is 10.0 Å². The van der Waals surface area contributed by atoms with Gasteiger partial charge in [0.2, 0.25) is 5.91 Å². The number of hydrogen-bond donors (Lipinski definition) is 2. The summed E-state index contributed by atoms with van der Waals surface area (Å²) in [6, 6.07) is 4.18. The Labute approximate surface area is 153 Å². The van der Waals surface area contributed by atoms with Crippen LogP contribution in [-0.4, -0.2) is 74.3 Å². The maximum absolute atomic E-state index is 11.5. The molecule has 1 atom stereocenters. The number of aromatic amines is 1. The Hall–Kier alpha value is -1.99. The van der Waals surface area contributed by atoms with Crippen molar-refractivity contribution in [3.8, 4) is 0 Å². The van der Waals surface area contributed by atoms with Crippen molar-refractivity contribution in [2.24, 2.45) is 0 Å². The predicted molar refractivity (Wildman–Crippen MR) is 98.7 cm³/mol. The second-order valence-corrected chi connectivity index (χ2v) is 7.85. The van der Waals surface area contributed by atoms with Crippen LogP contribution in [-0.2, 0) is 4.79 Å². The predicted octanol–water partition coefficient (Wildman–Crippen LogP) is 1.51. The van der Waals surface area contributed by atoms with Crippen LogP contribution in [0.1, 0.15) is 44.2 Å². The summed E-state index contributed by atoms with van der Waals surface area (Å²) < 4.78 is 0. The Balaban J connectivity index is 1.40. The summed E-state index contributed by atoms with van der Waals surface area (Å²) in [5, 5.41) is 19.0. The molecule has 26 heavy (non-hydrogen) atoms. The monoisotopic (exact) mass is 357 g/mol. The van der Waals surface area contributed by atoms with Crippen LogP contribution in [0.2, 0.25) is 0 Å². The number of β-amino-alcohol motifs (C(OH)–C–C–N with tert-alkyl or cyclic N) is 1. The summed E-state index contributed by atoms with van der Waals surface area (Å²) in [6.07, 6.45) is 5.35. The van der Waals surface area contributed by atoms with Crippen molar-refractivity contribution in [1.82, 2.24) is 25.0 Å². The van der Waals surface area contributed by atoms with Gasteiger partial charge in [0.05, 0.1) is 11.8 Å². The fourth-order valence-electron chi connectivity index (χ4n) is 4.32. The van der Waals surface area contributed by atoms with Gasteiger partial charge in [-0.15, -0.1) is 0 Å². The molecule has 0 saturated carbocycles. The van der Waals surface area contributed by atoms with Crippen LogP contribution in [0.25, 0.3) is 11.0 Å². The third-order valence-electron chi connectivity index (χ3n) is 5.90. The zero-order valence-electron chi connectivity index (χ0n) is 15.3. The molecule has 4 rings (SSSR count). The molecular formula is C19H27N5O2. The summed E-state index contributed by atoms with van der Waals surface area (Å²) in [5.74, 6) is 0.489. The zero-order valence-corrected chi connectivity index (χ0v) is 15.3. The van der Waals surface area contributed by atoms with E-state index >= 15 is 0 Å². The van der Waals surface area contributed by atoms with Crippen LogP contribution in [0.4, 0.5) is 0 Å².